The molecule has 1 N–H and O–H groups in total. The molecule has 1 saturated carbocycles. The maximum absolute atomic E-state index is 10.9. The molecule has 0 spiro atoms. The molecule has 1 aromatic heterocycles. The summed E-state index contributed by atoms with van der Waals surface area (Å²) < 4.78 is 2.38. The molecule has 0 atom stereocenters. The van der Waals surface area contributed by atoms with Crippen molar-refractivity contribution in [2.75, 3.05) is 0 Å². The fraction of sp³-hybridized carbons (Fsp3) is 0.579. The standard InChI is InChI=1S/C19H26N2O2/c1-13(2)12-21-17-9-8-14(11-18(22)23)10-16(17)20-19(21)15-6-4-3-5-7-15/h8-10,13,15H,3-7,11-12H2,1-2H3,(H,22,23). The molecular weight excluding hydrogens is 288 g/mol. The fourth-order valence-corrected chi connectivity index (χ4v) is 3.71. The lowest BCUT2D eigenvalue weighted by Gasteiger charge is -2.23. The maximum atomic E-state index is 10.9. The molecule has 4 heteroatoms. The first-order valence-electron chi connectivity index (χ1n) is 8.75. The number of hydrogen-bond donors (Lipinski definition) is 1. The third-order valence-electron chi connectivity index (χ3n) is 4.72. The normalized spacial score (nSPS) is 16.3. The van der Waals surface area contributed by atoms with E-state index in [9.17, 15) is 4.79 Å². The van der Waals surface area contributed by atoms with Crippen LogP contribution >= 0.6 is 0 Å². The summed E-state index contributed by atoms with van der Waals surface area (Å²) in [5.74, 6) is 1.53. The molecule has 0 saturated heterocycles. The molecule has 1 aliphatic rings. The van der Waals surface area contributed by atoms with E-state index in [-0.39, 0.29) is 6.42 Å². The molecule has 0 amide bonds. The molecule has 1 aromatic carbocycles. The van der Waals surface area contributed by atoms with Crippen molar-refractivity contribution in [1.82, 2.24) is 9.55 Å². The summed E-state index contributed by atoms with van der Waals surface area (Å²) in [6.07, 6.45) is 6.43. The smallest absolute Gasteiger partial charge is 0.307 e. The van der Waals surface area contributed by atoms with Crippen LogP contribution in [-0.2, 0) is 17.8 Å². The average molecular weight is 314 g/mol. The molecule has 0 aliphatic heterocycles. The van der Waals surface area contributed by atoms with Crippen LogP contribution in [0, 0.1) is 5.92 Å². The summed E-state index contributed by atoms with van der Waals surface area (Å²) in [7, 11) is 0. The van der Waals surface area contributed by atoms with Crippen molar-refractivity contribution < 1.29 is 9.90 Å². The van der Waals surface area contributed by atoms with E-state index in [1.54, 1.807) is 0 Å². The van der Waals surface area contributed by atoms with Gasteiger partial charge in [0.25, 0.3) is 0 Å². The van der Waals surface area contributed by atoms with Gasteiger partial charge in [-0.15, -0.1) is 0 Å². The highest BCUT2D eigenvalue weighted by Gasteiger charge is 2.23. The van der Waals surface area contributed by atoms with E-state index in [4.69, 9.17) is 10.1 Å². The summed E-state index contributed by atoms with van der Waals surface area (Å²) in [5.41, 5.74) is 2.92. The zero-order chi connectivity index (χ0) is 16.4. The number of benzene rings is 1. The van der Waals surface area contributed by atoms with E-state index in [2.05, 4.69) is 24.5 Å². The zero-order valence-corrected chi connectivity index (χ0v) is 14.1. The third-order valence-corrected chi connectivity index (χ3v) is 4.72. The van der Waals surface area contributed by atoms with Gasteiger partial charge < -0.3 is 9.67 Å². The zero-order valence-electron chi connectivity index (χ0n) is 14.1. The molecule has 4 nitrogen and oxygen atoms in total. The summed E-state index contributed by atoms with van der Waals surface area (Å²) >= 11 is 0. The van der Waals surface area contributed by atoms with Gasteiger partial charge in [0.05, 0.1) is 17.5 Å². The molecule has 1 aliphatic carbocycles. The maximum Gasteiger partial charge on any atom is 0.307 e. The Morgan fingerprint density at radius 3 is 2.70 bits per heavy atom. The van der Waals surface area contributed by atoms with Crippen LogP contribution in [0.25, 0.3) is 11.0 Å². The van der Waals surface area contributed by atoms with Crippen LogP contribution in [-0.4, -0.2) is 20.6 Å². The van der Waals surface area contributed by atoms with E-state index in [0.29, 0.717) is 11.8 Å². The summed E-state index contributed by atoms with van der Waals surface area (Å²) in [6, 6.07) is 5.93. The van der Waals surface area contributed by atoms with Crippen LogP contribution in [0.3, 0.4) is 0 Å². The number of aliphatic carboxylic acids is 1. The second kappa shape index (κ2) is 6.73. The summed E-state index contributed by atoms with van der Waals surface area (Å²) in [4.78, 5) is 15.9. The quantitative estimate of drug-likeness (QED) is 0.891. The second-order valence-electron chi connectivity index (χ2n) is 7.20. The first kappa shape index (κ1) is 16.0. The Kier molecular flexibility index (Phi) is 4.69. The minimum Gasteiger partial charge on any atom is -0.481 e. The molecule has 23 heavy (non-hydrogen) atoms. The number of carboxylic acid groups (broad SMARTS) is 1. The Labute approximate surface area is 137 Å². The van der Waals surface area contributed by atoms with Crippen molar-refractivity contribution in [3.63, 3.8) is 0 Å². The fourth-order valence-electron chi connectivity index (χ4n) is 3.71. The predicted molar refractivity (Wildman–Crippen MR) is 91.7 cm³/mol. The van der Waals surface area contributed by atoms with Gasteiger partial charge in [-0.1, -0.05) is 39.2 Å². The lowest BCUT2D eigenvalue weighted by atomic mass is 9.88. The summed E-state index contributed by atoms with van der Waals surface area (Å²) in [5, 5.41) is 9.00. The number of aromatic nitrogens is 2. The van der Waals surface area contributed by atoms with Gasteiger partial charge in [0.1, 0.15) is 5.82 Å². The van der Waals surface area contributed by atoms with Gasteiger partial charge in [0, 0.05) is 12.5 Å². The van der Waals surface area contributed by atoms with E-state index in [1.807, 2.05) is 12.1 Å². The number of rotatable bonds is 5. The number of hydrogen-bond acceptors (Lipinski definition) is 2. The van der Waals surface area contributed by atoms with Gasteiger partial charge in [0.2, 0.25) is 0 Å². The third kappa shape index (κ3) is 3.57. The number of fused-ring (bicyclic) bond motifs is 1. The molecule has 0 bridgehead atoms. The van der Waals surface area contributed by atoms with Gasteiger partial charge in [0.15, 0.2) is 0 Å². The molecule has 1 fully saturated rings. The van der Waals surface area contributed by atoms with Crippen molar-refractivity contribution >= 4 is 17.0 Å². The van der Waals surface area contributed by atoms with Crippen LogP contribution < -0.4 is 0 Å². The largest absolute Gasteiger partial charge is 0.481 e. The highest BCUT2D eigenvalue weighted by molar-refractivity contribution is 5.79. The molecule has 0 unspecified atom stereocenters. The highest BCUT2D eigenvalue weighted by atomic mass is 16.4. The molecular formula is C19H26N2O2. The van der Waals surface area contributed by atoms with Gasteiger partial charge in [-0.3, -0.25) is 4.79 Å². The SMILES string of the molecule is CC(C)Cn1c(C2CCCCC2)nc2cc(CC(=O)O)ccc21. The highest BCUT2D eigenvalue weighted by Crippen LogP contribution is 2.34. The number of carbonyl (C=O) groups is 1. The molecule has 0 radical (unpaired) electrons. The number of nitrogens with zero attached hydrogens (tertiary/aromatic N) is 2. The number of imidazole rings is 1. The summed E-state index contributed by atoms with van der Waals surface area (Å²) in [6.45, 7) is 5.44. The Morgan fingerprint density at radius 1 is 1.30 bits per heavy atom. The van der Waals surface area contributed by atoms with Gasteiger partial charge in [-0.05, 0) is 36.5 Å². The molecule has 1 heterocycles. The Hall–Kier alpha value is -1.84. The van der Waals surface area contributed by atoms with Crippen LogP contribution in [0.5, 0.6) is 0 Å². The first-order valence-corrected chi connectivity index (χ1v) is 8.75. The van der Waals surface area contributed by atoms with Crippen molar-refractivity contribution in [2.45, 2.75) is 64.8 Å². The Morgan fingerprint density at radius 2 is 2.04 bits per heavy atom. The average Bonchev–Trinajstić information content (AvgIpc) is 2.85. The van der Waals surface area contributed by atoms with E-state index >= 15 is 0 Å². The van der Waals surface area contributed by atoms with Gasteiger partial charge in [-0.2, -0.15) is 0 Å². The molecule has 124 valence electrons. The van der Waals surface area contributed by atoms with Crippen molar-refractivity contribution in [3.8, 4) is 0 Å². The van der Waals surface area contributed by atoms with Crippen molar-refractivity contribution in [1.29, 1.82) is 0 Å². The Balaban J connectivity index is 2.03. The predicted octanol–water partition coefficient (Wildman–Crippen LogP) is 4.37. The van der Waals surface area contributed by atoms with Crippen LogP contribution in [0.2, 0.25) is 0 Å². The van der Waals surface area contributed by atoms with Crippen molar-refractivity contribution in [3.05, 3.63) is 29.6 Å². The monoisotopic (exact) mass is 314 g/mol. The van der Waals surface area contributed by atoms with Gasteiger partial charge >= 0.3 is 5.97 Å². The van der Waals surface area contributed by atoms with E-state index in [0.717, 1.165) is 23.1 Å². The van der Waals surface area contributed by atoms with Crippen LogP contribution in [0.1, 0.15) is 63.3 Å². The minimum absolute atomic E-state index is 0.0613. The topological polar surface area (TPSA) is 55.1 Å². The van der Waals surface area contributed by atoms with Gasteiger partial charge in [-0.25, -0.2) is 4.98 Å². The van der Waals surface area contributed by atoms with E-state index in [1.165, 1.54) is 37.9 Å². The Bertz CT molecular complexity index is 697. The van der Waals surface area contributed by atoms with E-state index < -0.39 is 5.97 Å². The molecule has 3 rings (SSSR count). The van der Waals surface area contributed by atoms with Crippen LogP contribution in [0.15, 0.2) is 18.2 Å². The van der Waals surface area contributed by atoms with Crippen LogP contribution in [0.4, 0.5) is 0 Å². The first-order chi connectivity index (χ1) is 11.0. The lowest BCUT2D eigenvalue weighted by molar-refractivity contribution is -0.136. The number of carboxylic acids is 1. The lowest BCUT2D eigenvalue weighted by Crippen LogP contribution is -2.14. The minimum atomic E-state index is -0.793. The molecule has 2 aromatic rings. The van der Waals surface area contributed by atoms with Crippen molar-refractivity contribution in [2.24, 2.45) is 5.92 Å². The second-order valence-corrected chi connectivity index (χ2v) is 7.20.